The highest BCUT2D eigenvalue weighted by molar-refractivity contribution is 5.74. The minimum absolute atomic E-state index is 0.384. The van der Waals surface area contributed by atoms with Crippen molar-refractivity contribution in [1.82, 2.24) is 4.57 Å². The zero-order valence-electron chi connectivity index (χ0n) is 12.0. The molecule has 0 spiro atoms. The number of oxazole rings is 1. The largest absolute Gasteiger partial charge is 0.463 e. The fourth-order valence-corrected chi connectivity index (χ4v) is 2.45. The fraction of sp³-hybridized carbons (Fsp3) is 0.312. The molecule has 0 bridgehead atoms. The van der Waals surface area contributed by atoms with Crippen LogP contribution in [-0.2, 0) is 13.0 Å². The zero-order chi connectivity index (χ0) is 15.0. The van der Waals surface area contributed by atoms with Crippen molar-refractivity contribution < 1.29 is 13.9 Å². The van der Waals surface area contributed by atoms with Gasteiger partial charge in [-0.15, -0.1) is 0 Å². The van der Waals surface area contributed by atoms with E-state index in [2.05, 4.69) is 0 Å². The van der Waals surface area contributed by atoms with Gasteiger partial charge in [-0.25, -0.2) is 4.79 Å². The molecule has 1 aromatic carbocycles. The summed E-state index contributed by atoms with van der Waals surface area (Å²) in [5.41, 5.74) is 1.84. The van der Waals surface area contributed by atoms with E-state index >= 15 is 0 Å². The first-order valence-electron chi connectivity index (χ1n) is 7.04. The number of aryl methyl sites for hydroxylation is 2. The second-order valence-electron chi connectivity index (χ2n) is 4.90. The normalized spacial score (nSPS) is 12.9. The van der Waals surface area contributed by atoms with Gasteiger partial charge in [0.15, 0.2) is 5.58 Å². The van der Waals surface area contributed by atoms with E-state index in [1.165, 1.54) is 0 Å². The number of aromatic nitrogens is 1. The van der Waals surface area contributed by atoms with Crippen molar-refractivity contribution in [2.75, 3.05) is 0 Å². The maximum absolute atomic E-state index is 11.7. The Morgan fingerprint density at radius 1 is 1.19 bits per heavy atom. The molecular formula is C16H17NO4. The van der Waals surface area contributed by atoms with Crippen LogP contribution in [0.5, 0.6) is 0 Å². The third kappa shape index (κ3) is 2.29. The van der Waals surface area contributed by atoms with Crippen LogP contribution >= 0.6 is 0 Å². The van der Waals surface area contributed by atoms with Gasteiger partial charge in [0.05, 0.1) is 5.52 Å². The van der Waals surface area contributed by atoms with Crippen molar-refractivity contribution in [2.24, 2.45) is 0 Å². The Morgan fingerprint density at radius 3 is 2.67 bits per heavy atom. The molecular weight excluding hydrogens is 270 g/mol. The van der Waals surface area contributed by atoms with Crippen LogP contribution < -0.4 is 5.76 Å². The fourth-order valence-electron chi connectivity index (χ4n) is 2.45. The molecule has 21 heavy (non-hydrogen) atoms. The monoisotopic (exact) mass is 287 g/mol. The quantitative estimate of drug-likeness (QED) is 0.801. The summed E-state index contributed by atoms with van der Waals surface area (Å²) in [5, 5.41) is 10.4. The SMILES string of the molecule is CCc1ccc(C(O)c2ccc3c(c2)oc(=O)n3CC)o1. The van der Waals surface area contributed by atoms with Gasteiger partial charge >= 0.3 is 5.76 Å². The number of benzene rings is 1. The molecule has 1 N–H and O–H groups in total. The number of nitrogens with zero attached hydrogens (tertiary/aromatic N) is 1. The predicted octanol–water partition coefficient (Wildman–Crippen LogP) is 2.85. The summed E-state index contributed by atoms with van der Waals surface area (Å²) in [6.45, 7) is 4.42. The van der Waals surface area contributed by atoms with E-state index in [1.807, 2.05) is 19.9 Å². The molecule has 0 aliphatic carbocycles. The molecule has 0 aliphatic heterocycles. The average Bonchev–Trinajstić information content (AvgIpc) is 3.08. The standard InChI is InChI=1S/C16H17NO4/c1-3-11-6-8-13(20-11)15(18)10-5-7-12-14(9-10)21-16(19)17(12)4-2/h5-9,15,18H,3-4H2,1-2H3. The van der Waals surface area contributed by atoms with Crippen LogP contribution in [-0.4, -0.2) is 9.67 Å². The predicted molar refractivity (Wildman–Crippen MR) is 78.3 cm³/mol. The van der Waals surface area contributed by atoms with E-state index in [0.29, 0.717) is 23.5 Å². The maximum Gasteiger partial charge on any atom is 0.419 e. The molecule has 110 valence electrons. The number of fused-ring (bicyclic) bond motifs is 1. The van der Waals surface area contributed by atoms with Crippen molar-refractivity contribution in [2.45, 2.75) is 32.9 Å². The smallest absolute Gasteiger partial charge is 0.419 e. The van der Waals surface area contributed by atoms with E-state index < -0.39 is 6.10 Å². The summed E-state index contributed by atoms with van der Waals surface area (Å²) >= 11 is 0. The molecule has 0 saturated carbocycles. The number of aliphatic hydroxyl groups excluding tert-OH is 1. The molecule has 1 atom stereocenters. The molecule has 1 unspecified atom stereocenters. The van der Waals surface area contributed by atoms with Gasteiger partial charge < -0.3 is 13.9 Å². The van der Waals surface area contributed by atoms with Gasteiger partial charge in [0.2, 0.25) is 0 Å². The minimum atomic E-state index is -0.870. The van der Waals surface area contributed by atoms with E-state index in [1.54, 1.807) is 28.8 Å². The lowest BCUT2D eigenvalue weighted by Crippen LogP contribution is -2.11. The molecule has 3 aromatic rings. The van der Waals surface area contributed by atoms with E-state index in [-0.39, 0.29) is 5.76 Å². The van der Waals surface area contributed by atoms with Crippen LogP contribution in [0.4, 0.5) is 0 Å². The average molecular weight is 287 g/mol. The second kappa shape index (κ2) is 5.26. The van der Waals surface area contributed by atoms with Gasteiger partial charge in [-0.1, -0.05) is 13.0 Å². The lowest BCUT2D eigenvalue weighted by Gasteiger charge is -2.08. The van der Waals surface area contributed by atoms with Gasteiger partial charge in [0.25, 0.3) is 0 Å². The lowest BCUT2D eigenvalue weighted by molar-refractivity contribution is 0.187. The maximum atomic E-state index is 11.7. The van der Waals surface area contributed by atoms with Crippen molar-refractivity contribution >= 4 is 11.1 Å². The molecule has 5 nitrogen and oxygen atoms in total. The Balaban J connectivity index is 2.02. The van der Waals surface area contributed by atoms with Gasteiger partial charge in [-0.05, 0) is 36.8 Å². The molecule has 0 saturated heterocycles. The van der Waals surface area contributed by atoms with Gasteiger partial charge in [-0.2, -0.15) is 0 Å². The molecule has 0 fully saturated rings. The summed E-state index contributed by atoms with van der Waals surface area (Å²) in [5.74, 6) is 0.933. The molecule has 0 aliphatic rings. The highest BCUT2D eigenvalue weighted by atomic mass is 16.4. The summed E-state index contributed by atoms with van der Waals surface area (Å²) in [7, 11) is 0. The highest BCUT2D eigenvalue weighted by Crippen LogP contribution is 2.26. The lowest BCUT2D eigenvalue weighted by atomic mass is 10.1. The van der Waals surface area contributed by atoms with Crippen molar-refractivity contribution in [3.63, 3.8) is 0 Å². The Hall–Kier alpha value is -2.27. The summed E-state index contributed by atoms with van der Waals surface area (Å²) in [6, 6.07) is 8.86. The Morgan fingerprint density at radius 2 is 2.00 bits per heavy atom. The first-order valence-corrected chi connectivity index (χ1v) is 7.04. The number of hydrogen-bond donors (Lipinski definition) is 1. The second-order valence-corrected chi connectivity index (χ2v) is 4.90. The number of furan rings is 1. The topological polar surface area (TPSA) is 68.5 Å². The summed E-state index contributed by atoms with van der Waals surface area (Å²) in [6.07, 6.45) is -0.0926. The van der Waals surface area contributed by atoms with Gasteiger partial charge in [0, 0.05) is 13.0 Å². The Bertz CT molecular complexity index is 824. The van der Waals surface area contributed by atoms with E-state index in [0.717, 1.165) is 17.7 Å². The van der Waals surface area contributed by atoms with Crippen molar-refractivity contribution in [3.8, 4) is 0 Å². The molecule has 3 rings (SSSR count). The first kappa shape index (κ1) is 13.7. The van der Waals surface area contributed by atoms with Gasteiger partial charge in [-0.3, -0.25) is 4.57 Å². The minimum Gasteiger partial charge on any atom is -0.463 e. The molecule has 5 heteroatoms. The van der Waals surface area contributed by atoms with E-state index in [4.69, 9.17) is 8.83 Å². The Kier molecular flexibility index (Phi) is 3.43. The van der Waals surface area contributed by atoms with Gasteiger partial charge in [0.1, 0.15) is 17.6 Å². The third-order valence-electron chi connectivity index (χ3n) is 3.62. The van der Waals surface area contributed by atoms with Crippen LogP contribution in [0.1, 0.15) is 37.0 Å². The van der Waals surface area contributed by atoms with Crippen LogP contribution in [0.3, 0.4) is 0 Å². The summed E-state index contributed by atoms with van der Waals surface area (Å²) in [4.78, 5) is 11.7. The third-order valence-corrected chi connectivity index (χ3v) is 3.62. The Labute approximate surface area is 121 Å². The zero-order valence-corrected chi connectivity index (χ0v) is 12.0. The van der Waals surface area contributed by atoms with Crippen molar-refractivity contribution in [1.29, 1.82) is 0 Å². The number of aliphatic hydroxyl groups is 1. The molecule has 0 amide bonds. The molecule has 0 radical (unpaired) electrons. The van der Waals surface area contributed by atoms with E-state index in [9.17, 15) is 9.90 Å². The first-order chi connectivity index (χ1) is 10.1. The number of rotatable bonds is 4. The van der Waals surface area contributed by atoms with Crippen LogP contribution in [0.25, 0.3) is 11.1 Å². The van der Waals surface area contributed by atoms with Crippen molar-refractivity contribution in [3.05, 3.63) is 58.0 Å². The van der Waals surface area contributed by atoms with Crippen LogP contribution in [0.15, 0.2) is 44.0 Å². The molecule has 2 aromatic heterocycles. The van der Waals surface area contributed by atoms with Crippen LogP contribution in [0, 0.1) is 0 Å². The molecule has 2 heterocycles. The van der Waals surface area contributed by atoms with Crippen LogP contribution in [0.2, 0.25) is 0 Å². The summed E-state index contributed by atoms with van der Waals surface area (Å²) < 4.78 is 12.3. The number of hydrogen-bond acceptors (Lipinski definition) is 4. The highest BCUT2D eigenvalue weighted by Gasteiger charge is 2.17.